The van der Waals surface area contributed by atoms with E-state index >= 15 is 0 Å². The summed E-state index contributed by atoms with van der Waals surface area (Å²) in [5.74, 6) is -19.2. The molecule has 0 fully saturated rings. The van der Waals surface area contributed by atoms with E-state index in [0.717, 1.165) is 24.3 Å². The van der Waals surface area contributed by atoms with Crippen molar-refractivity contribution in [1.29, 1.82) is 0 Å². The average Bonchev–Trinajstić information content (AvgIpc) is 2.55. The minimum atomic E-state index is -6.49. The fraction of sp³-hybridized carbons (Fsp3) is 0.133. The number of benzene rings is 2. The van der Waals surface area contributed by atoms with Crippen LogP contribution < -0.4 is 0 Å². The maximum Gasteiger partial charge on any atom is 0.458 e. The highest BCUT2D eigenvalue weighted by Gasteiger charge is 2.62. The van der Waals surface area contributed by atoms with Crippen LogP contribution in [0.1, 0.15) is 21.5 Å². The lowest BCUT2D eigenvalue weighted by atomic mass is 9.92. The predicted molar refractivity (Wildman–Crippen MR) is 66.1 cm³/mol. The summed E-state index contributed by atoms with van der Waals surface area (Å²) in [6.45, 7) is 0. The largest absolute Gasteiger partial charge is 0.458 e. The van der Waals surface area contributed by atoms with Crippen LogP contribution in [0, 0.1) is 23.3 Å². The first-order chi connectivity index (χ1) is 11.4. The second-order valence-electron chi connectivity index (χ2n) is 4.77. The number of carbonyl (C=O) groups is 1. The molecule has 2 rings (SSSR count). The second-order valence-corrected chi connectivity index (χ2v) is 4.77. The molecule has 0 saturated heterocycles. The number of rotatable bonds is 3. The van der Waals surface area contributed by atoms with Crippen LogP contribution in [0.25, 0.3) is 0 Å². The van der Waals surface area contributed by atoms with E-state index < -0.39 is 57.8 Å². The van der Waals surface area contributed by atoms with Crippen LogP contribution in [0.2, 0.25) is 0 Å². The molecule has 2 aromatic carbocycles. The normalized spacial score (nSPS) is 12.4. The highest BCUT2D eigenvalue weighted by molar-refractivity contribution is 6.10. The fourth-order valence-corrected chi connectivity index (χ4v) is 2.02. The van der Waals surface area contributed by atoms with Gasteiger partial charge in [-0.25, -0.2) is 17.6 Å². The summed E-state index contributed by atoms with van der Waals surface area (Å²) in [5, 5.41) is 0. The molecule has 0 aliphatic heterocycles. The van der Waals surface area contributed by atoms with Gasteiger partial charge >= 0.3 is 12.1 Å². The van der Waals surface area contributed by atoms with Crippen LogP contribution in [-0.2, 0) is 5.92 Å². The minimum Gasteiger partial charge on any atom is -0.288 e. The van der Waals surface area contributed by atoms with Crippen molar-refractivity contribution in [1.82, 2.24) is 0 Å². The topological polar surface area (TPSA) is 17.1 Å². The Morgan fingerprint density at radius 2 is 1.20 bits per heavy atom. The van der Waals surface area contributed by atoms with Crippen molar-refractivity contribution in [2.24, 2.45) is 0 Å². The maximum absolute atomic E-state index is 13.9. The molecule has 0 aliphatic carbocycles. The molecule has 25 heavy (non-hydrogen) atoms. The first-order valence-corrected chi connectivity index (χ1v) is 6.32. The lowest BCUT2D eigenvalue weighted by Gasteiger charge is -2.23. The SMILES string of the molecule is O=C(c1ccccc1)c1c(F)c(F)c(F)c(F)c1C(F)(F)C(F)(F)F. The van der Waals surface area contributed by atoms with Gasteiger partial charge < -0.3 is 0 Å². The van der Waals surface area contributed by atoms with E-state index in [4.69, 9.17) is 0 Å². The van der Waals surface area contributed by atoms with Crippen molar-refractivity contribution >= 4 is 5.78 Å². The maximum atomic E-state index is 13.9. The van der Waals surface area contributed by atoms with Gasteiger partial charge in [0.05, 0.1) is 11.1 Å². The van der Waals surface area contributed by atoms with Crippen molar-refractivity contribution in [2.75, 3.05) is 0 Å². The first-order valence-electron chi connectivity index (χ1n) is 6.32. The van der Waals surface area contributed by atoms with Crippen molar-refractivity contribution in [3.8, 4) is 0 Å². The van der Waals surface area contributed by atoms with Crippen molar-refractivity contribution in [3.05, 3.63) is 70.3 Å². The van der Waals surface area contributed by atoms with E-state index in [1.807, 2.05) is 0 Å². The summed E-state index contributed by atoms with van der Waals surface area (Å²) >= 11 is 0. The lowest BCUT2D eigenvalue weighted by Crippen LogP contribution is -2.37. The van der Waals surface area contributed by atoms with E-state index in [0.29, 0.717) is 0 Å². The molecule has 0 unspecified atom stereocenters. The zero-order valence-corrected chi connectivity index (χ0v) is 11.7. The minimum absolute atomic E-state index is 0.633. The van der Waals surface area contributed by atoms with Crippen molar-refractivity contribution < 1.29 is 44.3 Å². The Morgan fingerprint density at radius 3 is 1.68 bits per heavy atom. The highest BCUT2D eigenvalue weighted by atomic mass is 19.4. The number of hydrogen-bond acceptors (Lipinski definition) is 1. The number of hydrogen-bond donors (Lipinski definition) is 0. The van der Waals surface area contributed by atoms with Crippen LogP contribution >= 0.6 is 0 Å². The van der Waals surface area contributed by atoms with Crippen LogP contribution in [0.4, 0.5) is 39.5 Å². The Morgan fingerprint density at radius 1 is 0.720 bits per heavy atom. The van der Waals surface area contributed by atoms with Crippen LogP contribution in [0.15, 0.2) is 30.3 Å². The van der Waals surface area contributed by atoms with Crippen LogP contribution in [0.5, 0.6) is 0 Å². The third-order valence-electron chi connectivity index (χ3n) is 3.20. The summed E-state index contributed by atoms with van der Waals surface area (Å²) in [5.41, 5.74) is -5.78. The molecular weight excluding hydrogens is 367 g/mol. The summed E-state index contributed by atoms with van der Waals surface area (Å²) in [6, 6.07) is 5.38. The summed E-state index contributed by atoms with van der Waals surface area (Å²) in [6.07, 6.45) is -6.49. The zero-order valence-electron chi connectivity index (χ0n) is 11.7. The Kier molecular flexibility index (Phi) is 4.58. The quantitative estimate of drug-likeness (QED) is 0.316. The van der Waals surface area contributed by atoms with Crippen LogP contribution in [0.3, 0.4) is 0 Å². The number of halogens is 9. The zero-order chi connectivity index (χ0) is 19.2. The molecular formula is C15H5F9O. The molecule has 10 heteroatoms. The molecule has 0 atom stereocenters. The van der Waals surface area contributed by atoms with Gasteiger partial charge in [0.25, 0.3) is 0 Å². The summed E-state index contributed by atoms with van der Waals surface area (Å²) in [7, 11) is 0. The van der Waals surface area contributed by atoms with Gasteiger partial charge in [0.1, 0.15) is 0 Å². The molecule has 0 saturated carbocycles. The standard InChI is InChI=1S/C15H5F9O/c16-9-7(13(25)6-4-2-1-3-5-6)8(10(17)12(19)11(9)18)14(20,21)15(22,23)24/h1-5H. The molecule has 0 radical (unpaired) electrons. The monoisotopic (exact) mass is 372 g/mol. The van der Waals surface area contributed by atoms with Gasteiger partial charge in [-0.15, -0.1) is 0 Å². The highest BCUT2D eigenvalue weighted by Crippen LogP contribution is 2.47. The molecule has 0 bridgehead atoms. The Labute approximate surface area is 133 Å². The van der Waals surface area contributed by atoms with E-state index in [9.17, 15) is 44.3 Å². The lowest BCUT2D eigenvalue weighted by molar-refractivity contribution is -0.290. The van der Waals surface area contributed by atoms with E-state index in [1.165, 1.54) is 6.07 Å². The molecule has 0 N–H and O–H groups in total. The van der Waals surface area contributed by atoms with Crippen LogP contribution in [-0.4, -0.2) is 12.0 Å². The molecule has 134 valence electrons. The molecule has 0 aliphatic rings. The van der Waals surface area contributed by atoms with Gasteiger partial charge in [0.15, 0.2) is 29.1 Å². The fourth-order valence-electron chi connectivity index (χ4n) is 2.02. The Hall–Kier alpha value is -2.52. The van der Waals surface area contributed by atoms with E-state index in [2.05, 4.69) is 0 Å². The molecule has 0 amide bonds. The molecule has 1 nitrogen and oxygen atoms in total. The Bertz CT molecular complexity index is 825. The number of carbonyl (C=O) groups excluding carboxylic acids is 1. The molecule has 0 spiro atoms. The first kappa shape index (κ1) is 18.8. The molecule has 2 aromatic rings. The Balaban J connectivity index is 2.90. The third-order valence-corrected chi connectivity index (χ3v) is 3.20. The smallest absolute Gasteiger partial charge is 0.288 e. The van der Waals surface area contributed by atoms with Gasteiger partial charge in [-0.3, -0.25) is 4.79 Å². The van der Waals surface area contributed by atoms with Gasteiger partial charge in [0, 0.05) is 5.56 Å². The number of ketones is 1. The molecule has 0 aromatic heterocycles. The average molecular weight is 372 g/mol. The van der Waals surface area contributed by atoms with Gasteiger partial charge in [-0.05, 0) is 0 Å². The van der Waals surface area contributed by atoms with Gasteiger partial charge in [0.2, 0.25) is 0 Å². The summed E-state index contributed by atoms with van der Waals surface area (Å²) in [4.78, 5) is 12.1. The second kappa shape index (κ2) is 6.08. The van der Waals surface area contributed by atoms with Gasteiger partial charge in [-0.2, -0.15) is 22.0 Å². The molecule has 0 heterocycles. The van der Waals surface area contributed by atoms with Gasteiger partial charge in [-0.1, -0.05) is 30.3 Å². The van der Waals surface area contributed by atoms with Crippen molar-refractivity contribution in [3.63, 3.8) is 0 Å². The third kappa shape index (κ3) is 2.96. The van der Waals surface area contributed by atoms with Crippen molar-refractivity contribution in [2.45, 2.75) is 12.1 Å². The predicted octanol–water partition coefficient (Wildman–Crippen LogP) is 5.13. The number of alkyl halides is 5. The van der Waals surface area contributed by atoms with E-state index in [-0.39, 0.29) is 0 Å². The van der Waals surface area contributed by atoms with E-state index in [1.54, 1.807) is 0 Å². The summed E-state index contributed by atoms with van der Waals surface area (Å²) < 4.78 is 119.